The molecule has 5 nitrogen and oxygen atoms in total. The van der Waals surface area contributed by atoms with Gasteiger partial charge in [0.05, 0.1) is 17.7 Å². The summed E-state index contributed by atoms with van der Waals surface area (Å²) in [5.74, 6) is 0.168. The van der Waals surface area contributed by atoms with Crippen LogP contribution in [0.2, 0.25) is 0 Å². The van der Waals surface area contributed by atoms with Crippen molar-refractivity contribution in [1.29, 1.82) is 0 Å². The quantitative estimate of drug-likeness (QED) is 0.566. The third kappa shape index (κ3) is 3.23. The van der Waals surface area contributed by atoms with Crippen molar-refractivity contribution in [3.8, 4) is 0 Å². The third-order valence-electron chi connectivity index (χ3n) is 3.04. The Kier molecular flexibility index (Phi) is 4.60. The molecule has 0 atom stereocenters. The van der Waals surface area contributed by atoms with Crippen LogP contribution in [0.1, 0.15) is 4.88 Å². The summed E-state index contributed by atoms with van der Waals surface area (Å²) < 4.78 is 1.49. The van der Waals surface area contributed by atoms with Gasteiger partial charge >= 0.3 is 0 Å². The average Bonchev–Trinajstić information content (AvgIpc) is 3.18. The van der Waals surface area contributed by atoms with Crippen LogP contribution >= 0.6 is 34.4 Å². The molecule has 8 heteroatoms. The molecule has 0 aromatic carbocycles. The number of thiophene rings is 2. The smallest absolute Gasteiger partial charge is 0.262 e. The summed E-state index contributed by atoms with van der Waals surface area (Å²) in [6, 6.07) is 5.71. The van der Waals surface area contributed by atoms with E-state index in [-0.39, 0.29) is 17.2 Å². The second-order valence-corrected chi connectivity index (χ2v) is 7.41. The first-order valence-corrected chi connectivity index (χ1v) is 9.26. The van der Waals surface area contributed by atoms with Gasteiger partial charge in [0.1, 0.15) is 4.83 Å². The number of rotatable bonds is 5. The molecule has 3 aromatic rings. The molecule has 3 heterocycles. The fourth-order valence-corrected chi connectivity index (χ4v) is 4.14. The zero-order valence-corrected chi connectivity index (χ0v) is 14.2. The SMILES string of the molecule is Cn1c(SCC(=O)NCc2cccs2)nc2sccc2c1=O. The average molecular weight is 351 g/mol. The Bertz CT molecular complexity index is 852. The first-order chi connectivity index (χ1) is 10.6. The van der Waals surface area contributed by atoms with Gasteiger partial charge < -0.3 is 5.32 Å². The van der Waals surface area contributed by atoms with Crippen molar-refractivity contribution in [3.05, 3.63) is 44.2 Å². The minimum atomic E-state index is -0.0762. The van der Waals surface area contributed by atoms with Crippen molar-refractivity contribution in [1.82, 2.24) is 14.9 Å². The lowest BCUT2D eigenvalue weighted by Gasteiger charge is -2.07. The largest absolute Gasteiger partial charge is 0.350 e. The van der Waals surface area contributed by atoms with Crippen LogP contribution < -0.4 is 10.9 Å². The van der Waals surface area contributed by atoms with E-state index in [2.05, 4.69) is 10.3 Å². The highest BCUT2D eigenvalue weighted by Gasteiger charge is 2.11. The van der Waals surface area contributed by atoms with Crippen LogP contribution in [0.15, 0.2) is 38.9 Å². The summed E-state index contributed by atoms with van der Waals surface area (Å²) in [6.07, 6.45) is 0. The van der Waals surface area contributed by atoms with E-state index >= 15 is 0 Å². The van der Waals surface area contributed by atoms with Crippen LogP contribution in [0.25, 0.3) is 10.2 Å². The second kappa shape index (κ2) is 6.64. The van der Waals surface area contributed by atoms with Crippen molar-refractivity contribution in [2.45, 2.75) is 11.7 Å². The number of thioether (sulfide) groups is 1. The van der Waals surface area contributed by atoms with Gasteiger partial charge in [-0.2, -0.15) is 0 Å². The molecular weight excluding hydrogens is 338 g/mol. The number of nitrogens with zero attached hydrogens (tertiary/aromatic N) is 2. The molecule has 114 valence electrons. The van der Waals surface area contributed by atoms with Gasteiger partial charge in [-0.05, 0) is 22.9 Å². The zero-order valence-electron chi connectivity index (χ0n) is 11.7. The third-order valence-corrected chi connectivity index (χ3v) is 5.75. The minimum absolute atomic E-state index is 0.0704. The Morgan fingerprint density at radius 2 is 2.23 bits per heavy atom. The summed E-state index contributed by atoms with van der Waals surface area (Å²) >= 11 is 4.31. The molecule has 1 N–H and O–H groups in total. The van der Waals surface area contributed by atoms with Crippen LogP contribution in [0.5, 0.6) is 0 Å². The van der Waals surface area contributed by atoms with Crippen LogP contribution in [0, 0.1) is 0 Å². The van der Waals surface area contributed by atoms with E-state index in [1.165, 1.54) is 27.7 Å². The molecule has 0 aliphatic carbocycles. The van der Waals surface area contributed by atoms with Crippen molar-refractivity contribution >= 4 is 50.6 Å². The van der Waals surface area contributed by atoms with Gasteiger partial charge in [-0.15, -0.1) is 22.7 Å². The Balaban J connectivity index is 1.64. The van der Waals surface area contributed by atoms with Gasteiger partial charge in [0.2, 0.25) is 5.91 Å². The molecule has 0 bridgehead atoms. The molecule has 0 aliphatic rings. The van der Waals surface area contributed by atoms with E-state index in [1.54, 1.807) is 24.5 Å². The predicted octanol–water partition coefficient (Wildman–Crippen LogP) is 2.47. The van der Waals surface area contributed by atoms with Crippen molar-refractivity contribution in [2.75, 3.05) is 5.75 Å². The fraction of sp³-hybridized carbons (Fsp3) is 0.214. The molecule has 1 amide bonds. The van der Waals surface area contributed by atoms with E-state index < -0.39 is 0 Å². The summed E-state index contributed by atoms with van der Waals surface area (Å²) in [4.78, 5) is 30.3. The van der Waals surface area contributed by atoms with E-state index in [0.717, 1.165) is 4.88 Å². The highest BCUT2D eigenvalue weighted by atomic mass is 32.2. The molecule has 3 rings (SSSR count). The van der Waals surface area contributed by atoms with E-state index in [9.17, 15) is 9.59 Å². The maximum Gasteiger partial charge on any atom is 0.262 e. The molecule has 0 spiro atoms. The van der Waals surface area contributed by atoms with Crippen molar-refractivity contribution in [2.24, 2.45) is 7.05 Å². The normalized spacial score (nSPS) is 11.0. The molecule has 3 aromatic heterocycles. The molecular formula is C14H13N3O2S3. The first kappa shape index (κ1) is 15.3. The van der Waals surface area contributed by atoms with Crippen molar-refractivity contribution < 1.29 is 4.79 Å². The van der Waals surface area contributed by atoms with Crippen molar-refractivity contribution in [3.63, 3.8) is 0 Å². The topological polar surface area (TPSA) is 64.0 Å². The summed E-state index contributed by atoms with van der Waals surface area (Å²) in [5, 5.41) is 7.87. The van der Waals surface area contributed by atoms with Gasteiger partial charge in [-0.1, -0.05) is 17.8 Å². The van der Waals surface area contributed by atoms with E-state index in [4.69, 9.17) is 0 Å². The summed E-state index contributed by atoms with van der Waals surface area (Å²) in [5.41, 5.74) is -0.0762. The first-order valence-electron chi connectivity index (χ1n) is 6.51. The number of aromatic nitrogens is 2. The Morgan fingerprint density at radius 1 is 1.36 bits per heavy atom. The molecule has 0 unspecified atom stereocenters. The highest BCUT2D eigenvalue weighted by molar-refractivity contribution is 7.99. The van der Waals surface area contributed by atoms with Gasteiger partial charge in [0, 0.05) is 11.9 Å². The molecule has 0 saturated carbocycles. The van der Waals surface area contributed by atoms with Gasteiger partial charge in [-0.3, -0.25) is 14.2 Å². The van der Waals surface area contributed by atoms with E-state index in [1.807, 2.05) is 22.9 Å². The van der Waals surface area contributed by atoms with Gasteiger partial charge in [0.15, 0.2) is 5.16 Å². The fourth-order valence-electron chi connectivity index (χ4n) is 1.89. The van der Waals surface area contributed by atoms with Crippen LogP contribution in [0.3, 0.4) is 0 Å². The van der Waals surface area contributed by atoms with Crippen LogP contribution in [-0.2, 0) is 18.4 Å². The molecule has 0 fully saturated rings. The standard InChI is InChI=1S/C14H13N3O2S3/c1-17-13(19)10-4-6-21-12(10)16-14(17)22-8-11(18)15-7-9-3-2-5-20-9/h2-6H,7-8H2,1H3,(H,15,18). The number of nitrogens with one attached hydrogen (secondary N) is 1. The maximum atomic E-state index is 12.2. The number of amides is 1. The van der Waals surface area contributed by atoms with Gasteiger partial charge in [-0.25, -0.2) is 4.98 Å². The summed E-state index contributed by atoms with van der Waals surface area (Å²) in [6.45, 7) is 0.535. The van der Waals surface area contributed by atoms with Crippen LogP contribution in [0.4, 0.5) is 0 Å². The minimum Gasteiger partial charge on any atom is -0.350 e. The molecule has 22 heavy (non-hydrogen) atoms. The number of fused-ring (bicyclic) bond motifs is 1. The second-order valence-electron chi connectivity index (χ2n) is 4.54. The lowest BCUT2D eigenvalue weighted by molar-refractivity contribution is -0.118. The number of carbonyl (C=O) groups is 1. The lowest BCUT2D eigenvalue weighted by Crippen LogP contribution is -2.25. The maximum absolute atomic E-state index is 12.2. The Labute approximate surface area is 139 Å². The van der Waals surface area contributed by atoms with Gasteiger partial charge in [0.25, 0.3) is 5.56 Å². The lowest BCUT2D eigenvalue weighted by atomic mass is 10.4. The number of carbonyl (C=O) groups excluding carboxylic acids is 1. The zero-order chi connectivity index (χ0) is 15.5. The molecule has 0 aliphatic heterocycles. The molecule has 0 saturated heterocycles. The summed E-state index contributed by atoms with van der Waals surface area (Å²) in [7, 11) is 1.68. The predicted molar refractivity (Wildman–Crippen MR) is 91.8 cm³/mol. The number of hydrogen-bond acceptors (Lipinski definition) is 6. The Morgan fingerprint density at radius 3 is 3.00 bits per heavy atom. The number of hydrogen-bond donors (Lipinski definition) is 1. The van der Waals surface area contributed by atoms with E-state index in [0.29, 0.717) is 21.9 Å². The monoisotopic (exact) mass is 351 g/mol. The highest BCUT2D eigenvalue weighted by Crippen LogP contribution is 2.20. The molecule has 0 radical (unpaired) electrons. The van der Waals surface area contributed by atoms with Crippen LogP contribution in [-0.4, -0.2) is 21.2 Å². The Hall–Kier alpha value is -1.64.